The Morgan fingerprint density at radius 2 is 1.80 bits per heavy atom. The minimum absolute atomic E-state index is 0.193. The second kappa shape index (κ2) is 6.79. The van der Waals surface area contributed by atoms with Crippen molar-refractivity contribution in [2.75, 3.05) is 7.11 Å². The molecule has 2 heteroatoms. The Morgan fingerprint density at radius 3 is 2.40 bits per heavy atom. The number of benzene rings is 1. The van der Waals surface area contributed by atoms with Crippen LogP contribution in [0.15, 0.2) is 18.2 Å². The third-order valence-corrected chi connectivity index (χ3v) is 4.51. The molecule has 0 aliphatic heterocycles. The molecule has 2 rings (SSSR count). The Bertz CT molecular complexity index is 479. The number of hydrogen-bond donors (Lipinski definition) is 0. The van der Waals surface area contributed by atoms with E-state index >= 15 is 0 Å². The second-order valence-corrected chi connectivity index (χ2v) is 6.15. The van der Waals surface area contributed by atoms with Gasteiger partial charge in [0.1, 0.15) is 5.75 Å². The summed E-state index contributed by atoms with van der Waals surface area (Å²) in [5.74, 6) is 0.923. The van der Waals surface area contributed by atoms with Crippen molar-refractivity contribution in [2.45, 2.75) is 58.3 Å². The van der Waals surface area contributed by atoms with Crippen LogP contribution in [-0.4, -0.2) is 7.11 Å². The number of hydrogen-bond acceptors (Lipinski definition) is 2. The zero-order valence-corrected chi connectivity index (χ0v) is 12.7. The van der Waals surface area contributed by atoms with Crippen LogP contribution in [0, 0.1) is 23.7 Å². The normalized spacial score (nSPS) is 18.6. The summed E-state index contributed by atoms with van der Waals surface area (Å²) < 4.78 is 5.48. The number of nitriles is 1. The molecule has 2 nitrogen and oxygen atoms in total. The third kappa shape index (κ3) is 3.54. The van der Waals surface area contributed by atoms with E-state index < -0.39 is 0 Å². The van der Waals surface area contributed by atoms with E-state index in [0.29, 0.717) is 0 Å². The van der Waals surface area contributed by atoms with Crippen molar-refractivity contribution in [1.29, 1.82) is 5.26 Å². The van der Waals surface area contributed by atoms with Crippen LogP contribution >= 0.6 is 0 Å². The molecule has 1 saturated carbocycles. The Hall–Kier alpha value is -1.49. The van der Waals surface area contributed by atoms with E-state index in [1.54, 1.807) is 7.11 Å². The number of ether oxygens (including phenoxy) is 1. The molecule has 1 fully saturated rings. The smallest absolute Gasteiger partial charge is 0.122 e. The summed E-state index contributed by atoms with van der Waals surface area (Å²) in [6.45, 7) is 2.10. The van der Waals surface area contributed by atoms with Crippen molar-refractivity contribution < 1.29 is 4.74 Å². The molecule has 0 atom stereocenters. The van der Waals surface area contributed by atoms with Crippen molar-refractivity contribution in [3.05, 3.63) is 29.3 Å². The highest BCUT2D eigenvalue weighted by Gasteiger charge is 2.31. The summed E-state index contributed by atoms with van der Waals surface area (Å²) in [5, 5.41) is 9.76. The molecular weight excluding hydrogens is 246 g/mol. The number of aryl methyl sites for hydroxylation is 1. The van der Waals surface area contributed by atoms with Gasteiger partial charge in [-0.2, -0.15) is 5.26 Å². The van der Waals surface area contributed by atoms with Crippen LogP contribution in [0.3, 0.4) is 0 Å². The molecular formula is C18H25NO. The van der Waals surface area contributed by atoms with Gasteiger partial charge >= 0.3 is 0 Å². The van der Waals surface area contributed by atoms with Gasteiger partial charge in [-0.15, -0.1) is 0 Å². The predicted octanol–water partition coefficient (Wildman–Crippen LogP) is 4.80. The highest BCUT2D eigenvalue weighted by Crippen LogP contribution is 2.38. The van der Waals surface area contributed by atoms with Crippen molar-refractivity contribution in [2.24, 2.45) is 5.41 Å². The van der Waals surface area contributed by atoms with Gasteiger partial charge in [-0.05, 0) is 37.8 Å². The van der Waals surface area contributed by atoms with Crippen LogP contribution < -0.4 is 4.74 Å². The van der Waals surface area contributed by atoms with Crippen molar-refractivity contribution >= 4 is 0 Å². The van der Waals surface area contributed by atoms with Crippen LogP contribution in [0.1, 0.15) is 56.1 Å². The summed E-state index contributed by atoms with van der Waals surface area (Å²) in [5.41, 5.74) is 2.23. The molecule has 20 heavy (non-hydrogen) atoms. The fraction of sp³-hybridized carbons (Fsp3) is 0.611. The maximum atomic E-state index is 9.76. The van der Waals surface area contributed by atoms with Gasteiger partial charge in [-0.1, -0.05) is 49.8 Å². The van der Waals surface area contributed by atoms with Gasteiger partial charge in [0.05, 0.1) is 18.6 Å². The zero-order valence-electron chi connectivity index (χ0n) is 12.7. The van der Waals surface area contributed by atoms with E-state index in [0.717, 1.165) is 25.0 Å². The summed E-state index contributed by atoms with van der Waals surface area (Å²) in [4.78, 5) is 0. The Kier molecular flexibility index (Phi) is 5.06. The fourth-order valence-corrected chi connectivity index (χ4v) is 3.32. The summed E-state index contributed by atoms with van der Waals surface area (Å²) in [6, 6.07) is 8.92. The van der Waals surface area contributed by atoms with E-state index in [1.807, 2.05) is 6.07 Å². The first-order chi connectivity index (χ1) is 9.69. The molecule has 0 bridgehead atoms. The molecule has 0 aromatic heterocycles. The highest BCUT2D eigenvalue weighted by atomic mass is 16.5. The van der Waals surface area contributed by atoms with Crippen molar-refractivity contribution in [3.8, 4) is 11.8 Å². The molecule has 1 aromatic rings. The first-order valence-electron chi connectivity index (χ1n) is 7.74. The van der Waals surface area contributed by atoms with Crippen molar-refractivity contribution in [1.82, 2.24) is 0 Å². The maximum Gasteiger partial charge on any atom is 0.122 e. The predicted molar refractivity (Wildman–Crippen MR) is 81.8 cm³/mol. The van der Waals surface area contributed by atoms with Gasteiger partial charge in [-0.25, -0.2) is 0 Å². The highest BCUT2D eigenvalue weighted by molar-refractivity contribution is 5.38. The Labute approximate surface area is 122 Å². The molecule has 1 aliphatic carbocycles. The third-order valence-electron chi connectivity index (χ3n) is 4.51. The van der Waals surface area contributed by atoms with Crippen LogP contribution in [0.5, 0.6) is 5.75 Å². The largest absolute Gasteiger partial charge is 0.496 e. The molecule has 1 aliphatic rings. The summed E-state index contributed by atoms with van der Waals surface area (Å²) >= 11 is 0. The second-order valence-electron chi connectivity index (χ2n) is 6.15. The van der Waals surface area contributed by atoms with Crippen LogP contribution in [0.2, 0.25) is 0 Å². The molecule has 0 saturated heterocycles. The van der Waals surface area contributed by atoms with E-state index in [-0.39, 0.29) is 5.41 Å². The van der Waals surface area contributed by atoms with Gasteiger partial charge in [0.2, 0.25) is 0 Å². The first-order valence-corrected chi connectivity index (χ1v) is 7.74. The minimum atomic E-state index is -0.193. The van der Waals surface area contributed by atoms with E-state index in [2.05, 4.69) is 25.1 Å². The van der Waals surface area contributed by atoms with Crippen LogP contribution in [-0.2, 0) is 6.42 Å². The van der Waals surface area contributed by atoms with Crippen LogP contribution in [0.25, 0.3) is 0 Å². The average Bonchev–Trinajstić information content (AvgIpc) is 2.42. The molecule has 1 aromatic carbocycles. The molecule has 0 radical (unpaired) electrons. The average molecular weight is 271 g/mol. The lowest BCUT2D eigenvalue weighted by atomic mass is 9.73. The number of methoxy groups -OCH3 is 1. The van der Waals surface area contributed by atoms with E-state index in [1.165, 1.54) is 43.2 Å². The molecule has 0 amide bonds. The molecule has 0 N–H and O–H groups in total. The van der Waals surface area contributed by atoms with Crippen LogP contribution in [0.4, 0.5) is 0 Å². The van der Waals surface area contributed by atoms with E-state index in [4.69, 9.17) is 4.74 Å². The lowest BCUT2D eigenvalue weighted by Crippen LogP contribution is -2.23. The molecule has 0 unspecified atom stereocenters. The number of nitrogens with zero attached hydrogens (tertiary/aromatic N) is 1. The number of rotatable bonds is 3. The first kappa shape index (κ1) is 14.9. The maximum absolute atomic E-state index is 9.76. The molecule has 0 heterocycles. The molecule has 108 valence electrons. The summed E-state index contributed by atoms with van der Waals surface area (Å²) in [7, 11) is 1.71. The fourth-order valence-electron chi connectivity index (χ4n) is 3.32. The Balaban J connectivity index is 2.24. The topological polar surface area (TPSA) is 33.0 Å². The lowest BCUT2D eigenvalue weighted by molar-refractivity contribution is 0.283. The molecule has 0 spiro atoms. The van der Waals surface area contributed by atoms with Gasteiger partial charge in [-0.3, -0.25) is 0 Å². The Morgan fingerprint density at radius 1 is 1.15 bits per heavy atom. The lowest BCUT2D eigenvalue weighted by Gasteiger charge is -2.29. The van der Waals surface area contributed by atoms with E-state index in [9.17, 15) is 5.26 Å². The quantitative estimate of drug-likeness (QED) is 0.791. The van der Waals surface area contributed by atoms with Gasteiger partial charge < -0.3 is 4.74 Å². The van der Waals surface area contributed by atoms with Gasteiger partial charge in [0, 0.05) is 0 Å². The van der Waals surface area contributed by atoms with Gasteiger partial charge in [0.15, 0.2) is 0 Å². The standard InChI is InChI=1S/C18H25NO/c1-15-8-9-17(20-2)16(12-15)13-18(14-19)10-6-4-3-5-7-11-18/h8-9,12H,3-7,10-11,13H2,1-2H3. The van der Waals surface area contributed by atoms with Crippen molar-refractivity contribution in [3.63, 3.8) is 0 Å². The zero-order chi connectivity index (χ0) is 14.4. The summed E-state index contributed by atoms with van der Waals surface area (Å²) in [6.07, 6.45) is 9.12. The monoisotopic (exact) mass is 271 g/mol. The van der Waals surface area contributed by atoms with Gasteiger partial charge in [0.25, 0.3) is 0 Å². The SMILES string of the molecule is COc1ccc(C)cc1CC1(C#N)CCCCCCC1. The minimum Gasteiger partial charge on any atom is -0.496 e.